The van der Waals surface area contributed by atoms with Crippen LogP contribution in [0.15, 0.2) is 48.5 Å². The zero-order valence-corrected chi connectivity index (χ0v) is 12.3. The Labute approximate surface area is 128 Å². The Hall–Kier alpha value is -2.95. The predicted molar refractivity (Wildman–Crippen MR) is 84.2 cm³/mol. The number of phenols is 1. The molecule has 3 rings (SSSR count). The van der Waals surface area contributed by atoms with E-state index in [4.69, 9.17) is 9.47 Å². The maximum absolute atomic E-state index is 9.35. The molecule has 5 heteroatoms. The van der Waals surface area contributed by atoms with Gasteiger partial charge < -0.3 is 14.6 Å². The molecule has 2 aromatic carbocycles. The van der Waals surface area contributed by atoms with Gasteiger partial charge in [-0.15, -0.1) is 0 Å². The van der Waals surface area contributed by atoms with E-state index < -0.39 is 0 Å². The lowest BCUT2D eigenvalue weighted by molar-refractivity contribution is 0.356. The van der Waals surface area contributed by atoms with Crippen molar-refractivity contribution in [3.8, 4) is 39.8 Å². The number of ether oxygens (including phenoxy) is 2. The van der Waals surface area contributed by atoms with Gasteiger partial charge in [0.2, 0.25) is 0 Å². The van der Waals surface area contributed by atoms with Crippen LogP contribution in [0.1, 0.15) is 0 Å². The van der Waals surface area contributed by atoms with Crippen LogP contribution in [0.4, 0.5) is 0 Å². The van der Waals surface area contributed by atoms with Gasteiger partial charge in [0.15, 0.2) is 11.5 Å². The van der Waals surface area contributed by atoms with Gasteiger partial charge in [-0.2, -0.15) is 5.10 Å². The van der Waals surface area contributed by atoms with Crippen LogP contribution < -0.4 is 9.47 Å². The Morgan fingerprint density at radius 2 is 1.77 bits per heavy atom. The minimum atomic E-state index is 0.231. The number of nitrogens with zero attached hydrogens (tertiary/aromatic N) is 1. The maximum atomic E-state index is 9.35. The fourth-order valence-corrected chi connectivity index (χ4v) is 2.34. The lowest BCUT2D eigenvalue weighted by atomic mass is 10.1. The number of methoxy groups -OCH3 is 2. The summed E-state index contributed by atoms with van der Waals surface area (Å²) < 4.78 is 10.8. The Balaban J connectivity index is 2.02. The van der Waals surface area contributed by atoms with Crippen LogP contribution in [0.3, 0.4) is 0 Å². The van der Waals surface area contributed by atoms with Crippen LogP contribution in [-0.2, 0) is 0 Å². The molecule has 5 nitrogen and oxygen atoms in total. The number of aromatic nitrogens is 2. The predicted octanol–water partition coefficient (Wildman–Crippen LogP) is 3.47. The molecule has 2 N–H and O–H groups in total. The zero-order chi connectivity index (χ0) is 15.5. The first-order valence-corrected chi connectivity index (χ1v) is 6.79. The number of nitrogens with one attached hydrogen (secondary N) is 1. The van der Waals surface area contributed by atoms with Gasteiger partial charge in [0, 0.05) is 11.1 Å². The van der Waals surface area contributed by atoms with Crippen LogP contribution in [0, 0.1) is 0 Å². The van der Waals surface area contributed by atoms with Crippen LogP contribution >= 0.6 is 0 Å². The van der Waals surface area contributed by atoms with E-state index >= 15 is 0 Å². The van der Waals surface area contributed by atoms with E-state index in [1.807, 2.05) is 36.4 Å². The van der Waals surface area contributed by atoms with Gasteiger partial charge in [0.1, 0.15) is 5.75 Å². The molecular weight excluding hydrogens is 280 g/mol. The van der Waals surface area contributed by atoms with Gasteiger partial charge in [-0.05, 0) is 42.5 Å². The molecule has 0 saturated carbocycles. The van der Waals surface area contributed by atoms with Crippen molar-refractivity contribution in [3.63, 3.8) is 0 Å². The quantitative estimate of drug-likeness (QED) is 0.773. The highest BCUT2D eigenvalue weighted by molar-refractivity contribution is 5.74. The standard InChI is InChI=1S/C17H16N2O3/c1-21-16-5-3-4-13(17(16)22-2)15-10-14(18-19-15)11-6-8-12(20)9-7-11/h3-10,20H,1-2H3,(H,18,19). The van der Waals surface area contributed by atoms with Crippen molar-refractivity contribution in [1.29, 1.82) is 0 Å². The molecule has 0 radical (unpaired) electrons. The molecule has 0 unspecified atom stereocenters. The number of H-pyrrole nitrogens is 1. The average molecular weight is 296 g/mol. The number of phenolic OH excluding ortho intramolecular Hbond substituents is 1. The van der Waals surface area contributed by atoms with E-state index in [0.29, 0.717) is 11.5 Å². The summed E-state index contributed by atoms with van der Waals surface area (Å²) in [6.07, 6.45) is 0. The summed E-state index contributed by atoms with van der Waals surface area (Å²) in [5.41, 5.74) is 3.42. The SMILES string of the molecule is COc1cccc(-c2cc(-c3ccc(O)cc3)n[nH]2)c1OC. The van der Waals surface area contributed by atoms with Gasteiger partial charge in [-0.3, -0.25) is 5.10 Å². The molecule has 0 aliphatic rings. The summed E-state index contributed by atoms with van der Waals surface area (Å²) in [7, 11) is 3.22. The topological polar surface area (TPSA) is 67.4 Å². The van der Waals surface area contributed by atoms with Crippen LogP contribution in [0.25, 0.3) is 22.5 Å². The number of aromatic amines is 1. The third-order valence-corrected chi connectivity index (χ3v) is 3.43. The molecule has 0 aliphatic heterocycles. The molecule has 0 amide bonds. The van der Waals surface area contributed by atoms with Gasteiger partial charge in [0.25, 0.3) is 0 Å². The fraction of sp³-hybridized carbons (Fsp3) is 0.118. The second kappa shape index (κ2) is 5.81. The third-order valence-electron chi connectivity index (χ3n) is 3.43. The van der Waals surface area contributed by atoms with E-state index in [0.717, 1.165) is 22.5 Å². The highest BCUT2D eigenvalue weighted by Gasteiger charge is 2.14. The molecule has 22 heavy (non-hydrogen) atoms. The molecule has 3 aromatic rings. The highest BCUT2D eigenvalue weighted by atomic mass is 16.5. The van der Waals surface area contributed by atoms with Crippen LogP contribution in [0.2, 0.25) is 0 Å². The minimum Gasteiger partial charge on any atom is -0.508 e. The smallest absolute Gasteiger partial charge is 0.170 e. The van der Waals surface area contributed by atoms with Crippen LogP contribution in [0.5, 0.6) is 17.2 Å². The Bertz CT molecular complexity index is 779. The van der Waals surface area contributed by atoms with Crippen molar-refractivity contribution in [2.75, 3.05) is 14.2 Å². The molecule has 0 bridgehead atoms. The Kier molecular flexibility index (Phi) is 3.70. The first-order chi connectivity index (χ1) is 10.7. The summed E-state index contributed by atoms with van der Waals surface area (Å²) in [4.78, 5) is 0. The van der Waals surface area contributed by atoms with Crippen molar-refractivity contribution in [2.45, 2.75) is 0 Å². The molecule has 0 spiro atoms. The van der Waals surface area contributed by atoms with Gasteiger partial charge >= 0.3 is 0 Å². The van der Waals surface area contributed by atoms with Gasteiger partial charge in [-0.25, -0.2) is 0 Å². The monoisotopic (exact) mass is 296 g/mol. The lowest BCUT2D eigenvalue weighted by Crippen LogP contribution is -1.93. The van der Waals surface area contributed by atoms with Gasteiger partial charge in [0.05, 0.1) is 25.6 Å². The lowest BCUT2D eigenvalue weighted by Gasteiger charge is -2.10. The van der Waals surface area contributed by atoms with Crippen molar-refractivity contribution < 1.29 is 14.6 Å². The Morgan fingerprint density at radius 1 is 1.00 bits per heavy atom. The Morgan fingerprint density at radius 3 is 2.45 bits per heavy atom. The molecule has 1 aromatic heterocycles. The van der Waals surface area contributed by atoms with E-state index in [1.165, 1.54) is 0 Å². The number of rotatable bonds is 4. The third kappa shape index (κ3) is 2.48. The van der Waals surface area contributed by atoms with E-state index in [2.05, 4.69) is 10.2 Å². The fourth-order valence-electron chi connectivity index (χ4n) is 2.34. The normalized spacial score (nSPS) is 10.5. The van der Waals surface area contributed by atoms with E-state index in [1.54, 1.807) is 26.4 Å². The van der Waals surface area contributed by atoms with E-state index in [9.17, 15) is 5.11 Å². The van der Waals surface area contributed by atoms with Crippen molar-refractivity contribution in [2.24, 2.45) is 0 Å². The number of hydrogen-bond acceptors (Lipinski definition) is 4. The second-order valence-corrected chi connectivity index (χ2v) is 4.75. The first-order valence-electron chi connectivity index (χ1n) is 6.79. The molecule has 0 atom stereocenters. The van der Waals surface area contributed by atoms with Crippen molar-refractivity contribution in [3.05, 3.63) is 48.5 Å². The molecule has 0 saturated heterocycles. The number of hydrogen-bond donors (Lipinski definition) is 2. The first kappa shape index (κ1) is 14.0. The molecular formula is C17H16N2O3. The average Bonchev–Trinajstić information content (AvgIpc) is 3.04. The summed E-state index contributed by atoms with van der Waals surface area (Å²) in [6, 6.07) is 14.5. The molecule has 1 heterocycles. The summed E-state index contributed by atoms with van der Waals surface area (Å²) in [5, 5.41) is 16.7. The summed E-state index contributed by atoms with van der Waals surface area (Å²) >= 11 is 0. The summed E-state index contributed by atoms with van der Waals surface area (Å²) in [6.45, 7) is 0. The molecule has 0 aliphatic carbocycles. The van der Waals surface area contributed by atoms with Crippen LogP contribution in [-0.4, -0.2) is 29.5 Å². The van der Waals surface area contributed by atoms with Gasteiger partial charge in [-0.1, -0.05) is 6.07 Å². The summed E-state index contributed by atoms with van der Waals surface area (Å²) in [5.74, 6) is 1.56. The number of aromatic hydroxyl groups is 1. The number of para-hydroxylation sites is 1. The largest absolute Gasteiger partial charge is 0.508 e. The van der Waals surface area contributed by atoms with Crippen molar-refractivity contribution >= 4 is 0 Å². The van der Waals surface area contributed by atoms with E-state index in [-0.39, 0.29) is 5.75 Å². The highest BCUT2D eigenvalue weighted by Crippen LogP contribution is 2.37. The van der Waals surface area contributed by atoms with Crippen molar-refractivity contribution in [1.82, 2.24) is 10.2 Å². The minimum absolute atomic E-state index is 0.231. The molecule has 112 valence electrons. The second-order valence-electron chi connectivity index (χ2n) is 4.75. The molecule has 0 fully saturated rings. The number of benzene rings is 2. The maximum Gasteiger partial charge on any atom is 0.170 e. The zero-order valence-electron chi connectivity index (χ0n) is 12.3.